The van der Waals surface area contributed by atoms with Crippen LogP contribution in [0.2, 0.25) is 0 Å². The molecule has 4 rings (SSSR count). The molecule has 0 fully saturated rings. The van der Waals surface area contributed by atoms with E-state index in [1.165, 1.54) is 21.9 Å². The second-order valence-corrected chi connectivity index (χ2v) is 8.06. The van der Waals surface area contributed by atoms with E-state index in [1.807, 2.05) is 26.0 Å². The average Bonchev–Trinajstić information content (AvgIpc) is 3.22. The fourth-order valence-electron chi connectivity index (χ4n) is 3.12. The van der Waals surface area contributed by atoms with Crippen molar-refractivity contribution in [2.24, 2.45) is 0 Å². The van der Waals surface area contributed by atoms with Crippen molar-refractivity contribution in [2.75, 3.05) is 5.32 Å². The molecule has 2 aromatic carbocycles. The first-order valence-electron chi connectivity index (χ1n) is 9.98. The quantitative estimate of drug-likeness (QED) is 0.452. The van der Waals surface area contributed by atoms with E-state index >= 15 is 0 Å². The van der Waals surface area contributed by atoms with Gasteiger partial charge in [0.05, 0.1) is 16.9 Å². The standard InChI is InChI=1S/C23H20N4O4S/c1-3-19-26-27-20(28)12-15(24-23(27)32-19)13-31-22(30)17-10-6-7-11-18(17)25-21(29)16-9-5-4-8-14(16)2/h4-12H,3,13H2,1-2H3,(H,25,29). The van der Waals surface area contributed by atoms with Gasteiger partial charge < -0.3 is 10.1 Å². The van der Waals surface area contributed by atoms with Crippen LogP contribution in [0.3, 0.4) is 0 Å². The molecule has 2 aromatic heterocycles. The summed E-state index contributed by atoms with van der Waals surface area (Å²) in [6, 6.07) is 15.1. The molecule has 162 valence electrons. The number of ether oxygens (including phenoxy) is 1. The van der Waals surface area contributed by atoms with E-state index in [9.17, 15) is 14.4 Å². The van der Waals surface area contributed by atoms with Crippen LogP contribution in [0, 0.1) is 6.92 Å². The van der Waals surface area contributed by atoms with Gasteiger partial charge in [-0.05, 0) is 37.1 Å². The third-order valence-electron chi connectivity index (χ3n) is 4.78. The monoisotopic (exact) mass is 448 g/mol. The Morgan fingerprint density at radius 1 is 1.09 bits per heavy atom. The Morgan fingerprint density at radius 2 is 1.81 bits per heavy atom. The average molecular weight is 449 g/mol. The predicted octanol–water partition coefficient (Wildman–Crippen LogP) is 3.63. The minimum atomic E-state index is -0.633. The van der Waals surface area contributed by atoms with E-state index in [2.05, 4.69) is 15.4 Å². The van der Waals surface area contributed by atoms with Crippen LogP contribution in [0.4, 0.5) is 5.69 Å². The molecule has 4 aromatic rings. The van der Waals surface area contributed by atoms with Crippen LogP contribution in [-0.4, -0.2) is 26.5 Å². The maximum absolute atomic E-state index is 12.7. The van der Waals surface area contributed by atoms with Crippen LogP contribution in [0.15, 0.2) is 59.4 Å². The van der Waals surface area contributed by atoms with Crippen molar-refractivity contribution in [3.05, 3.63) is 92.3 Å². The van der Waals surface area contributed by atoms with Crippen molar-refractivity contribution in [1.29, 1.82) is 0 Å². The van der Waals surface area contributed by atoms with E-state index in [-0.39, 0.29) is 23.6 Å². The lowest BCUT2D eigenvalue weighted by Gasteiger charge is -2.12. The number of aryl methyl sites for hydroxylation is 2. The van der Waals surface area contributed by atoms with Crippen molar-refractivity contribution in [3.63, 3.8) is 0 Å². The summed E-state index contributed by atoms with van der Waals surface area (Å²) in [5, 5.41) is 7.76. The second-order valence-electron chi connectivity index (χ2n) is 7.02. The number of aromatic nitrogens is 3. The number of para-hydroxylation sites is 1. The maximum atomic E-state index is 12.7. The molecule has 32 heavy (non-hydrogen) atoms. The van der Waals surface area contributed by atoms with Gasteiger partial charge in [-0.3, -0.25) is 9.59 Å². The predicted molar refractivity (Wildman–Crippen MR) is 121 cm³/mol. The third-order valence-corrected chi connectivity index (χ3v) is 5.83. The number of hydrogen-bond acceptors (Lipinski definition) is 7. The molecule has 2 heterocycles. The number of nitrogens with one attached hydrogen (secondary N) is 1. The van der Waals surface area contributed by atoms with Gasteiger partial charge in [0, 0.05) is 11.6 Å². The van der Waals surface area contributed by atoms with Crippen LogP contribution >= 0.6 is 11.3 Å². The Balaban J connectivity index is 1.51. The topological polar surface area (TPSA) is 103 Å². The van der Waals surface area contributed by atoms with Gasteiger partial charge in [0.1, 0.15) is 11.6 Å². The van der Waals surface area contributed by atoms with Gasteiger partial charge in [-0.2, -0.15) is 9.61 Å². The van der Waals surface area contributed by atoms with Crippen LogP contribution < -0.4 is 10.9 Å². The summed E-state index contributed by atoms with van der Waals surface area (Å²) in [6.45, 7) is 3.61. The molecule has 0 saturated carbocycles. The molecule has 0 unspecified atom stereocenters. The van der Waals surface area contributed by atoms with Crippen molar-refractivity contribution >= 4 is 33.9 Å². The molecule has 1 amide bonds. The van der Waals surface area contributed by atoms with Crippen LogP contribution in [0.25, 0.3) is 4.96 Å². The number of fused-ring (bicyclic) bond motifs is 1. The summed E-state index contributed by atoms with van der Waals surface area (Å²) in [6.07, 6.45) is 0.697. The summed E-state index contributed by atoms with van der Waals surface area (Å²) in [7, 11) is 0. The Morgan fingerprint density at radius 3 is 2.56 bits per heavy atom. The molecular weight excluding hydrogens is 428 g/mol. The molecular formula is C23H20N4O4S. The number of hydrogen-bond donors (Lipinski definition) is 1. The largest absolute Gasteiger partial charge is 0.456 e. The van der Waals surface area contributed by atoms with Gasteiger partial charge in [-0.1, -0.05) is 48.6 Å². The highest BCUT2D eigenvalue weighted by Crippen LogP contribution is 2.19. The molecule has 0 spiro atoms. The minimum absolute atomic E-state index is 0.177. The molecule has 0 bridgehead atoms. The first-order chi connectivity index (χ1) is 15.5. The first kappa shape index (κ1) is 21.4. The molecule has 0 aliphatic carbocycles. The number of amides is 1. The molecule has 0 aliphatic rings. The number of esters is 1. The second kappa shape index (κ2) is 9.11. The smallest absolute Gasteiger partial charge is 0.340 e. The zero-order valence-corrected chi connectivity index (χ0v) is 18.3. The molecule has 0 aliphatic heterocycles. The minimum Gasteiger partial charge on any atom is -0.456 e. The molecule has 9 heteroatoms. The summed E-state index contributed by atoms with van der Waals surface area (Å²) in [4.78, 5) is 42.5. The Kier molecular flexibility index (Phi) is 6.09. The van der Waals surface area contributed by atoms with E-state index in [1.54, 1.807) is 36.4 Å². The molecule has 1 N–H and O–H groups in total. The number of rotatable bonds is 6. The Labute approximate surface area is 187 Å². The SMILES string of the molecule is CCc1nn2c(=O)cc(COC(=O)c3ccccc3NC(=O)c3ccccc3C)nc2s1. The first-order valence-corrected chi connectivity index (χ1v) is 10.8. The number of benzene rings is 2. The number of carbonyl (C=O) groups is 2. The zero-order chi connectivity index (χ0) is 22.7. The van der Waals surface area contributed by atoms with E-state index in [0.717, 1.165) is 10.6 Å². The summed E-state index contributed by atoms with van der Waals surface area (Å²) in [5.74, 6) is -0.952. The normalized spacial score (nSPS) is 10.8. The van der Waals surface area contributed by atoms with E-state index in [4.69, 9.17) is 4.74 Å². The molecule has 0 atom stereocenters. The number of nitrogens with zero attached hydrogens (tertiary/aromatic N) is 3. The number of anilines is 1. The fourth-order valence-corrected chi connectivity index (χ4v) is 3.98. The van der Waals surface area contributed by atoms with Gasteiger partial charge in [-0.15, -0.1) is 0 Å². The van der Waals surface area contributed by atoms with Crippen molar-refractivity contribution in [1.82, 2.24) is 14.6 Å². The lowest BCUT2D eigenvalue weighted by molar-refractivity contribution is 0.0469. The van der Waals surface area contributed by atoms with E-state index < -0.39 is 5.97 Å². The van der Waals surface area contributed by atoms with Crippen LogP contribution in [-0.2, 0) is 17.8 Å². The fraction of sp³-hybridized carbons (Fsp3) is 0.174. The maximum Gasteiger partial charge on any atom is 0.340 e. The third kappa shape index (κ3) is 4.42. The summed E-state index contributed by atoms with van der Waals surface area (Å²) < 4.78 is 6.63. The van der Waals surface area contributed by atoms with Gasteiger partial charge in [0.15, 0.2) is 0 Å². The number of carbonyl (C=O) groups excluding carboxylic acids is 2. The van der Waals surface area contributed by atoms with Gasteiger partial charge in [0.2, 0.25) is 4.96 Å². The molecule has 0 radical (unpaired) electrons. The highest BCUT2D eigenvalue weighted by Gasteiger charge is 2.17. The lowest BCUT2D eigenvalue weighted by atomic mass is 10.1. The van der Waals surface area contributed by atoms with Crippen molar-refractivity contribution in [2.45, 2.75) is 26.9 Å². The highest BCUT2D eigenvalue weighted by atomic mass is 32.1. The van der Waals surface area contributed by atoms with Crippen molar-refractivity contribution < 1.29 is 14.3 Å². The van der Waals surface area contributed by atoms with Gasteiger partial charge in [0.25, 0.3) is 11.5 Å². The van der Waals surface area contributed by atoms with E-state index in [0.29, 0.717) is 28.3 Å². The van der Waals surface area contributed by atoms with Crippen molar-refractivity contribution in [3.8, 4) is 0 Å². The lowest BCUT2D eigenvalue weighted by Crippen LogP contribution is -2.18. The van der Waals surface area contributed by atoms with Gasteiger partial charge >= 0.3 is 5.97 Å². The highest BCUT2D eigenvalue weighted by molar-refractivity contribution is 7.16. The van der Waals surface area contributed by atoms with Crippen LogP contribution in [0.1, 0.15) is 43.9 Å². The summed E-state index contributed by atoms with van der Waals surface area (Å²) >= 11 is 1.32. The summed E-state index contributed by atoms with van der Waals surface area (Å²) in [5.41, 5.74) is 1.89. The molecule has 8 nitrogen and oxygen atoms in total. The Hall–Kier alpha value is -3.85. The van der Waals surface area contributed by atoms with Gasteiger partial charge in [-0.25, -0.2) is 9.78 Å². The molecule has 0 saturated heterocycles. The Bertz CT molecular complexity index is 1380. The van der Waals surface area contributed by atoms with Crippen LogP contribution in [0.5, 0.6) is 0 Å². The zero-order valence-electron chi connectivity index (χ0n) is 17.5.